The van der Waals surface area contributed by atoms with Gasteiger partial charge in [0.15, 0.2) is 0 Å². The van der Waals surface area contributed by atoms with Gasteiger partial charge in [-0.1, -0.05) is 12.1 Å². The molecule has 1 fully saturated rings. The van der Waals surface area contributed by atoms with Crippen LogP contribution in [-0.2, 0) is 20.7 Å². The zero-order valence-corrected chi connectivity index (χ0v) is 14.6. The average molecular weight is 333 g/mol. The topological polar surface area (TPSA) is 55.8 Å². The number of ether oxygens (including phenoxy) is 2. The van der Waals surface area contributed by atoms with Crippen LogP contribution in [0.5, 0.6) is 5.75 Å². The van der Waals surface area contributed by atoms with Crippen LogP contribution in [0.4, 0.5) is 0 Å². The fourth-order valence-corrected chi connectivity index (χ4v) is 3.13. The lowest BCUT2D eigenvalue weighted by molar-refractivity contribution is -0.141. The Morgan fingerprint density at radius 1 is 1.08 bits per heavy atom. The molecular weight excluding hydrogens is 306 g/mol. The van der Waals surface area contributed by atoms with E-state index in [1.54, 1.807) is 7.11 Å². The minimum absolute atomic E-state index is 0.154. The van der Waals surface area contributed by atoms with Crippen LogP contribution < -0.4 is 4.74 Å². The number of esters is 1. The maximum Gasteiger partial charge on any atom is 0.305 e. The van der Waals surface area contributed by atoms with E-state index >= 15 is 0 Å². The van der Waals surface area contributed by atoms with Crippen molar-refractivity contribution in [1.82, 2.24) is 4.90 Å². The first-order valence-electron chi connectivity index (χ1n) is 8.60. The summed E-state index contributed by atoms with van der Waals surface area (Å²) in [6.07, 6.45) is 4.43. The number of likely N-dealkylation sites (tertiary alicyclic amines) is 1. The van der Waals surface area contributed by atoms with Crippen LogP contribution in [0.1, 0.15) is 37.7 Å². The van der Waals surface area contributed by atoms with Gasteiger partial charge >= 0.3 is 5.97 Å². The van der Waals surface area contributed by atoms with Crippen molar-refractivity contribution in [3.63, 3.8) is 0 Å². The van der Waals surface area contributed by atoms with Crippen LogP contribution >= 0.6 is 0 Å². The predicted octanol–water partition coefficient (Wildman–Crippen LogP) is 2.82. The molecule has 1 aliphatic rings. The summed E-state index contributed by atoms with van der Waals surface area (Å²) in [4.78, 5) is 25.2. The smallest absolute Gasteiger partial charge is 0.305 e. The molecule has 5 heteroatoms. The Hall–Kier alpha value is -2.04. The van der Waals surface area contributed by atoms with Crippen molar-refractivity contribution in [3.05, 3.63) is 29.8 Å². The van der Waals surface area contributed by atoms with Gasteiger partial charge in [0.1, 0.15) is 5.75 Å². The maximum absolute atomic E-state index is 12.2. The summed E-state index contributed by atoms with van der Waals surface area (Å²) in [7, 11) is 3.05. The van der Waals surface area contributed by atoms with Crippen LogP contribution in [0.15, 0.2) is 24.3 Å². The number of rotatable bonds is 7. The second-order valence-corrected chi connectivity index (χ2v) is 6.31. The van der Waals surface area contributed by atoms with E-state index in [9.17, 15) is 9.59 Å². The van der Waals surface area contributed by atoms with E-state index in [2.05, 4.69) is 16.9 Å². The molecule has 1 heterocycles. The molecule has 1 aromatic rings. The van der Waals surface area contributed by atoms with E-state index < -0.39 is 0 Å². The molecule has 0 N–H and O–H groups in total. The molecule has 0 radical (unpaired) electrons. The summed E-state index contributed by atoms with van der Waals surface area (Å²) in [6, 6.07) is 8.22. The molecule has 24 heavy (non-hydrogen) atoms. The van der Waals surface area contributed by atoms with E-state index in [1.807, 2.05) is 17.0 Å². The normalized spacial score (nSPS) is 15.2. The molecule has 1 saturated heterocycles. The number of nitrogens with zero attached hydrogens (tertiary/aromatic N) is 1. The number of amides is 1. The van der Waals surface area contributed by atoms with E-state index in [1.165, 1.54) is 12.7 Å². The predicted molar refractivity (Wildman–Crippen MR) is 91.9 cm³/mol. The third kappa shape index (κ3) is 5.55. The molecular formula is C19H27NO4. The molecule has 0 bridgehead atoms. The Balaban J connectivity index is 1.70. The van der Waals surface area contributed by atoms with E-state index in [0.29, 0.717) is 25.2 Å². The Bertz CT molecular complexity index is 533. The van der Waals surface area contributed by atoms with Gasteiger partial charge < -0.3 is 14.4 Å². The highest BCUT2D eigenvalue weighted by Gasteiger charge is 2.22. The van der Waals surface area contributed by atoms with E-state index in [-0.39, 0.29) is 11.9 Å². The van der Waals surface area contributed by atoms with Crippen LogP contribution in [0.2, 0.25) is 0 Å². The van der Waals surface area contributed by atoms with Crippen molar-refractivity contribution in [2.75, 3.05) is 27.3 Å². The largest absolute Gasteiger partial charge is 0.497 e. The first-order chi connectivity index (χ1) is 11.6. The first kappa shape index (κ1) is 18.3. The molecule has 1 aliphatic heterocycles. The monoisotopic (exact) mass is 333 g/mol. The van der Waals surface area contributed by atoms with Crippen molar-refractivity contribution >= 4 is 11.9 Å². The van der Waals surface area contributed by atoms with E-state index in [4.69, 9.17) is 4.74 Å². The summed E-state index contributed by atoms with van der Waals surface area (Å²) >= 11 is 0. The Kier molecular flexibility index (Phi) is 7.09. The molecule has 0 saturated carbocycles. The molecule has 1 aromatic carbocycles. The maximum atomic E-state index is 12.2. The SMILES string of the molecule is COC(=O)CCCC(=O)N1CCC(Cc2ccc(OC)cc2)CC1. The van der Waals surface area contributed by atoms with Crippen LogP contribution in [0.25, 0.3) is 0 Å². The van der Waals surface area contributed by atoms with Gasteiger partial charge in [0.25, 0.3) is 0 Å². The van der Waals surface area contributed by atoms with Gasteiger partial charge in [-0.05, 0) is 49.3 Å². The highest BCUT2D eigenvalue weighted by atomic mass is 16.5. The number of hydrogen-bond donors (Lipinski definition) is 0. The molecule has 0 spiro atoms. The van der Waals surface area contributed by atoms with Crippen molar-refractivity contribution in [1.29, 1.82) is 0 Å². The number of piperidine rings is 1. The molecule has 132 valence electrons. The fourth-order valence-electron chi connectivity index (χ4n) is 3.13. The van der Waals surface area contributed by atoms with Crippen molar-refractivity contribution in [2.24, 2.45) is 5.92 Å². The third-order valence-electron chi connectivity index (χ3n) is 4.65. The summed E-state index contributed by atoms with van der Waals surface area (Å²) < 4.78 is 9.77. The van der Waals surface area contributed by atoms with Crippen molar-refractivity contribution in [2.45, 2.75) is 38.5 Å². The van der Waals surface area contributed by atoms with Gasteiger partial charge in [0, 0.05) is 25.9 Å². The molecule has 5 nitrogen and oxygen atoms in total. The fraction of sp³-hybridized carbons (Fsp3) is 0.579. The van der Waals surface area contributed by atoms with Gasteiger partial charge in [0.05, 0.1) is 14.2 Å². The van der Waals surface area contributed by atoms with Gasteiger partial charge in [-0.2, -0.15) is 0 Å². The standard InChI is InChI=1S/C19H27NO4/c1-23-17-8-6-15(7-9-17)14-16-10-12-20(13-11-16)18(21)4-3-5-19(22)24-2/h6-9,16H,3-5,10-14H2,1-2H3. The van der Waals surface area contributed by atoms with E-state index in [0.717, 1.165) is 38.1 Å². The highest BCUT2D eigenvalue weighted by Crippen LogP contribution is 2.23. The molecule has 0 aromatic heterocycles. The lowest BCUT2D eigenvalue weighted by Crippen LogP contribution is -2.38. The molecule has 0 aliphatic carbocycles. The zero-order valence-electron chi connectivity index (χ0n) is 14.6. The molecule has 1 amide bonds. The Labute approximate surface area is 143 Å². The van der Waals surface area contributed by atoms with Gasteiger partial charge in [-0.15, -0.1) is 0 Å². The summed E-state index contributed by atoms with van der Waals surface area (Å²) in [5.41, 5.74) is 1.32. The number of carbonyl (C=O) groups is 2. The zero-order chi connectivity index (χ0) is 17.4. The van der Waals surface area contributed by atoms with Crippen molar-refractivity contribution < 1.29 is 19.1 Å². The van der Waals surface area contributed by atoms with Crippen LogP contribution in [0, 0.1) is 5.92 Å². The number of hydrogen-bond acceptors (Lipinski definition) is 4. The highest BCUT2D eigenvalue weighted by molar-refractivity contribution is 5.77. The lowest BCUT2D eigenvalue weighted by Gasteiger charge is -2.32. The van der Waals surface area contributed by atoms with Crippen molar-refractivity contribution in [3.8, 4) is 5.75 Å². The number of carbonyl (C=O) groups excluding carboxylic acids is 2. The molecule has 0 atom stereocenters. The lowest BCUT2D eigenvalue weighted by atomic mass is 9.90. The summed E-state index contributed by atoms with van der Waals surface area (Å²) in [5, 5.41) is 0. The minimum Gasteiger partial charge on any atom is -0.497 e. The van der Waals surface area contributed by atoms with Gasteiger partial charge in [0.2, 0.25) is 5.91 Å². The number of methoxy groups -OCH3 is 2. The first-order valence-corrected chi connectivity index (χ1v) is 8.60. The number of benzene rings is 1. The summed E-state index contributed by atoms with van der Waals surface area (Å²) in [5.74, 6) is 1.41. The second kappa shape index (κ2) is 9.30. The van der Waals surface area contributed by atoms with Crippen LogP contribution in [-0.4, -0.2) is 44.1 Å². The average Bonchev–Trinajstić information content (AvgIpc) is 2.62. The second-order valence-electron chi connectivity index (χ2n) is 6.31. The molecule has 2 rings (SSSR count). The third-order valence-corrected chi connectivity index (χ3v) is 4.65. The minimum atomic E-state index is -0.249. The quantitative estimate of drug-likeness (QED) is 0.720. The molecule has 0 unspecified atom stereocenters. The summed E-state index contributed by atoms with van der Waals surface area (Å²) in [6.45, 7) is 1.63. The van der Waals surface area contributed by atoms with Crippen LogP contribution in [0.3, 0.4) is 0 Å². The Morgan fingerprint density at radius 2 is 1.75 bits per heavy atom. The Morgan fingerprint density at radius 3 is 2.33 bits per heavy atom. The van der Waals surface area contributed by atoms with Gasteiger partial charge in [-0.3, -0.25) is 9.59 Å². The van der Waals surface area contributed by atoms with Gasteiger partial charge in [-0.25, -0.2) is 0 Å².